The Balaban J connectivity index is 3.38. The van der Waals surface area contributed by atoms with Crippen molar-refractivity contribution in [3.05, 3.63) is 29.1 Å². The van der Waals surface area contributed by atoms with Crippen LogP contribution < -0.4 is 4.74 Å². The maximum atomic E-state index is 13.3. The summed E-state index contributed by atoms with van der Waals surface area (Å²) in [4.78, 5) is 21.9. The topological polar surface area (TPSA) is 43.4 Å². The zero-order valence-corrected chi connectivity index (χ0v) is 9.51. The van der Waals surface area contributed by atoms with Gasteiger partial charge in [0.1, 0.15) is 6.29 Å². The second-order valence-electron chi connectivity index (χ2n) is 2.76. The standard InChI is InChI=1S/C10H8BrFO3/c1-15-10-7(9(14)4-11)2-6(5-13)3-8(10)12/h2-3,5H,4H2,1H3. The molecule has 0 aliphatic heterocycles. The largest absolute Gasteiger partial charge is 0.493 e. The molecule has 0 aliphatic carbocycles. The number of Topliss-reactive ketones (excluding diaryl/α,β-unsaturated/α-hetero) is 1. The minimum atomic E-state index is -0.716. The van der Waals surface area contributed by atoms with Gasteiger partial charge in [0.15, 0.2) is 17.3 Å². The molecule has 0 unspecified atom stereocenters. The molecular formula is C10H8BrFO3. The van der Waals surface area contributed by atoms with Gasteiger partial charge in [-0.1, -0.05) is 15.9 Å². The Morgan fingerprint density at radius 1 is 1.60 bits per heavy atom. The molecule has 0 bridgehead atoms. The van der Waals surface area contributed by atoms with Crippen LogP contribution in [0.3, 0.4) is 0 Å². The van der Waals surface area contributed by atoms with Gasteiger partial charge < -0.3 is 4.74 Å². The van der Waals surface area contributed by atoms with Crippen LogP contribution in [0.4, 0.5) is 4.39 Å². The van der Waals surface area contributed by atoms with Crippen LogP contribution in [0.15, 0.2) is 12.1 Å². The number of hydrogen-bond donors (Lipinski definition) is 0. The quantitative estimate of drug-likeness (QED) is 0.480. The fourth-order valence-corrected chi connectivity index (χ4v) is 1.47. The van der Waals surface area contributed by atoms with E-state index in [1.54, 1.807) is 0 Å². The third-order valence-corrected chi connectivity index (χ3v) is 2.34. The van der Waals surface area contributed by atoms with Gasteiger partial charge in [0.05, 0.1) is 18.0 Å². The predicted octanol–water partition coefficient (Wildman–Crippen LogP) is 2.22. The van der Waals surface area contributed by atoms with Crippen molar-refractivity contribution in [1.82, 2.24) is 0 Å². The summed E-state index contributed by atoms with van der Waals surface area (Å²) in [6, 6.07) is 2.33. The van der Waals surface area contributed by atoms with Crippen LogP contribution in [0.25, 0.3) is 0 Å². The molecule has 0 amide bonds. The Kier molecular flexibility index (Phi) is 3.96. The van der Waals surface area contributed by atoms with E-state index in [9.17, 15) is 14.0 Å². The molecule has 1 aromatic carbocycles. The van der Waals surface area contributed by atoms with Crippen LogP contribution in [0.1, 0.15) is 20.7 Å². The van der Waals surface area contributed by atoms with Crippen molar-refractivity contribution >= 4 is 28.0 Å². The Morgan fingerprint density at radius 3 is 2.73 bits per heavy atom. The summed E-state index contributed by atoms with van der Waals surface area (Å²) in [5.74, 6) is -1.19. The van der Waals surface area contributed by atoms with Crippen LogP contribution >= 0.6 is 15.9 Å². The Labute approximate surface area is 94.4 Å². The zero-order chi connectivity index (χ0) is 11.4. The van der Waals surface area contributed by atoms with E-state index < -0.39 is 5.82 Å². The van der Waals surface area contributed by atoms with Crippen LogP contribution in [-0.2, 0) is 0 Å². The van der Waals surface area contributed by atoms with Gasteiger partial charge in [-0.25, -0.2) is 4.39 Å². The highest BCUT2D eigenvalue weighted by atomic mass is 79.9. The normalized spacial score (nSPS) is 9.80. The minimum absolute atomic E-state index is 0.0467. The van der Waals surface area contributed by atoms with Crippen LogP contribution in [0.2, 0.25) is 0 Å². The first kappa shape index (κ1) is 11.8. The lowest BCUT2D eigenvalue weighted by molar-refractivity contribution is 0.102. The van der Waals surface area contributed by atoms with Crippen LogP contribution in [0.5, 0.6) is 5.75 Å². The first-order valence-corrected chi connectivity index (χ1v) is 5.18. The van der Waals surface area contributed by atoms with Crippen molar-refractivity contribution in [3.63, 3.8) is 0 Å². The van der Waals surface area contributed by atoms with Gasteiger partial charge in [-0.3, -0.25) is 9.59 Å². The maximum absolute atomic E-state index is 13.3. The van der Waals surface area contributed by atoms with E-state index in [0.29, 0.717) is 6.29 Å². The molecule has 0 aliphatic rings. The van der Waals surface area contributed by atoms with Crippen molar-refractivity contribution < 1.29 is 18.7 Å². The van der Waals surface area contributed by atoms with Gasteiger partial charge in [0, 0.05) is 5.56 Å². The first-order valence-electron chi connectivity index (χ1n) is 4.06. The Morgan fingerprint density at radius 2 is 2.27 bits per heavy atom. The van der Waals surface area contributed by atoms with Gasteiger partial charge in [-0.15, -0.1) is 0 Å². The molecule has 15 heavy (non-hydrogen) atoms. The van der Waals surface area contributed by atoms with E-state index in [-0.39, 0.29) is 28.0 Å². The van der Waals surface area contributed by atoms with E-state index in [4.69, 9.17) is 4.74 Å². The minimum Gasteiger partial charge on any atom is -0.493 e. The number of aldehydes is 1. The number of rotatable bonds is 4. The highest BCUT2D eigenvalue weighted by Gasteiger charge is 2.16. The summed E-state index contributed by atoms with van der Waals surface area (Å²) in [5, 5.41) is 0.0467. The summed E-state index contributed by atoms with van der Waals surface area (Å²) >= 11 is 2.97. The maximum Gasteiger partial charge on any atom is 0.177 e. The molecule has 0 atom stereocenters. The number of carbonyl (C=O) groups is 2. The molecule has 0 saturated heterocycles. The van der Waals surface area contributed by atoms with Gasteiger partial charge in [-0.05, 0) is 12.1 Å². The lowest BCUT2D eigenvalue weighted by Crippen LogP contribution is -2.06. The molecular weight excluding hydrogens is 267 g/mol. The molecule has 0 aromatic heterocycles. The van der Waals surface area contributed by atoms with Gasteiger partial charge >= 0.3 is 0 Å². The fraction of sp³-hybridized carbons (Fsp3) is 0.200. The number of alkyl halides is 1. The average Bonchev–Trinajstić information content (AvgIpc) is 2.26. The Bertz CT molecular complexity index is 404. The first-order chi connectivity index (χ1) is 7.13. The number of benzene rings is 1. The summed E-state index contributed by atoms with van der Waals surface area (Å²) in [6.07, 6.45) is 0.480. The molecule has 0 heterocycles. The van der Waals surface area contributed by atoms with Crippen molar-refractivity contribution in [3.8, 4) is 5.75 Å². The zero-order valence-electron chi connectivity index (χ0n) is 7.92. The average molecular weight is 275 g/mol. The fourth-order valence-electron chi connectivity index (χ4n) is 1.17. The van der Waals surface area contributed by atoms with Crippen LogP contribution in [0, 0.1) is 5.82 Å². The van der Waals surface area contributed by atoms with E-state index in [0.717, 1.165) is 6.07 Å². The van der Waals surface area contributed by atoms with Crippen molar-refractivity contribution in [2.45, 2.75) is 0 Å². The van der Waals surface area contributed by atoms with Gasteiger partial charge in [0.2, 0.25) is 0 Å². The summed E-state index contributed by atoms with van der Waals surface area (Å²) < 4.78 is 18.1. The second kappa shape index (κ2) is 5.02. The lowest BCUT2D eigenvalue weighted by atomic mass is 10.1. The highest BCUT2D eigenvalue weighted by molar-refractivity contribution is 9.09. The van der Waals surface area contributed by atoms with Crippen LogP contribution in [-0.4, -0.2) is 24.5 Å². The molecule has 0 N–H and O–H groups in total. The second-order valence-corrected chi connectivity index (χ2v) is 3.32. The van der Waals surface area contributed by atoms with E-state index in [1.165, 1.54) is 13.2 Å². The number of halogens is 2. The van der Waals surface area contributed by atoms with Crippen molar-refractivity contribution in [2.75, 3.05) is 12.4 Å². The third kappa shape index (κ3) is 2.41. The number of methoxy groups -OCH3 is 1. The molecule has 1 rings (SSSR count). The number of carbonyl (C=O) groups excluding carboxylic acids is 2. The molecule has 1 aromatic rings. The van der Waals surface area contributed by atoms with E-state index in [2.05, 4.69) is 15.9 Å². The van der Waals surface area contributed by atoms with Gasteiger partial charge in [0.25, 0.3) is 0 Å². The number of ether oxygens (including phenoxy) is 1. The molecule has 5 heteroatoms. The number of ketones is 1. The summed E-state index contributed by atoms with van der Waals surface area (Å²) in [6.45, 7) is 0. The Hall–Kier alpha value is -1.23. The molecule has 3 nitrogen and oxygen atoms in total. The smallest absolute Gasteiger partial charge is 0.177 e. The van der Waals surface area contributed by atoms with Crippen molar-refractivity contribution in [1.29, 1.82) is 0 Å². The molecule has 0 spiro atoms. The highest BCUT2D eigenvalue weighted by Crippen LogP contribution is 2.24. The molecule has 0 radical (unpaired) electrons. The molecule has 0 fully saturated rings. The van der Waals surface area contributed by atoms with E-state index in [1.807, 2.05) is 0 Å². The van der Waals surface area contributed by atoms with Gasteiger partial charge in [-0.2, -0.15) is 0 Å². The SMILES string of the molecule is COc1c(F)cc(C=O)cc1C(=O)CBr. The molecule has 0 saturated carbocycles. The molecule has 80 valence electrons. The monoisotopic (exact) mass is 274 g/mol. The third-order valence-electron chi connectivity index (χ3n) is 1.83. The lowest BCUT2D eigenvalue weighted by Gasteiger charge is -2.08. The summed E-state index contributed by atoms with van der Waals surface area (Å²) in [7, 11) is 1.27. The van der Waals surface area contributed by atoms with Crippen molar-refractivity contribution in [2.24, 2.45) is 0 Å². The predicted molar refractivity (Wildman–Crippen MR) is 56.5 cm³/mol. The van der Waals surface area contributed by atoms with E-state index >= 15 is 0 Å². The summed E-state index contributed by atoms with van der Waals surface area (Å²) in [5.41, 5.74) is 0.175. The number of hydrogen-bond acceptors (Lipinski definition) is 3.